The molecule has 188 valence electrons. The van der Waals surface area contributed by atoms with Gasteiger partial charge in [-0.25, -0.2) is 4.99 Å². The highest BCUT2D eigenvalue weighted by Gasteiger charge is 2.26. The summed E-state index contributed by atoms with van der Waals surface area (Å²) < 4.78 is 30.7. The third-order valence-corrected chi connectivity index (χ3v) is 7.14. The zero-order valence-electron chi connectivity index (χ0n) is 18.2. The minimum absolute atomic E-state index is 0.0172. The molecule has 0 spiro atoms. The van der Waals surface area contributed by atoms with Crippen LogP contribution in [0.1, 0.15) is 5.56 Å². The SMILES string of the molecule is O=C1NC(=Nc2ccc(Cl)cc2[N+](=O)[O-])S/C1=C/c1ccccc1OS(=O)(=O)c1ccc([N+](=O)[O-])cc1. The summed E-state index contributed by atoms with van der Waals surface area (Å²) in [5, 5.41) is 24.8. The molecule has 1 fully saturated rings. The first-order valence-corrected chi connectivity index (χ1v) is 12.7. The molecule has 0 atom stereocenters. The highest BCUT2D eigenvalue weighted by atomic mass is 35.5. The number of non-ortho nitro benzene ring substituents is 1. The van der Waals surface area contributed by atoms with E-state index in [2.05, 4.69) is 10.3 Å². The van der Waals surface area contributed by atoms with Crippen molar-refractivity contribution in [1.29, 1.82) is 0 Å². The summed E-state index contributed by atoms with van der Waals surface area (Å²) in [4.78, 5) is 37.3. The number of aliphatic imine (C=N–C) groups is 1. The molecule has 1 N–H and O–H groups in total. The number of para-hydroxylation sites is 1. The van der Waals surface area contributed by atoms with Crippen LogP contribution in [0.2, 0.25) is 5.02 Å². The van der Waals surface area contributed by atoms with E-state index < -0.39 is 25.9 Å². The van der Waals surface area contributed by atoms with Crippen molar-refractivity contribution in [2.45, 2.75) is 4.90 Å². The smallest absolute Gasteiger partial charge is 0.339 e. The Kier molecular flexibility index (Phi) is 7.24. The van der Waals surface area contributed by atoms with Crippen LogP contribution < -0.4 is 9.50 Å². The number of nitro groups is 2. The minimum atomic E-state index is -4.35. The molecule has 1 aliphatic heterocycles. The van der Waals surface area contributed by atoms with Gasteiger partial charge in [-0.3, -0.25) is 25.0 Å². The lowest BCUT2D eigenvalue weighted by Crippen LogP contribution is -2.19. The maximum Gasteiger partial charge on any atom is 0.339 e. The van der Waals surface area contributed by atoms with Crippen LogP contribution in [-0.2, 0) is 14.9 Å². The van der Waals surface area contributed by atoms with Crippen LogP contribution in [0.4, 0.5) is 17.1 Å². The molecule has 0 radical (unpaired) electrons. The number of halogens is 1. The van der Waals surface area contributed by atoms with Gasteiger partial charge >= 0.3 is 10.1 Å². The number of hydrogen-bond acceptors (Lipinski definition) is 10. The summed E-state index contributed by atoms with van der Waals surface area (Å²) in [6.45, 7) is 0. The Hall–Kier alpha value is -4.27. The standard InChI is InChI=1S/C22H13ClN4O8S2/c23-14-5-10-17(18(12-14)27(31)32)24-22-25-21(28)20(36-22)11-13-3-1-2-4-19(13)35-37(33,34)16-8-6-15(7-9-16)26(29)30/h1-12H,(H,24,25,28)/b20-11+. The number of nitrogens with zero attached hydrogens (tertiary/aromatic N) is 3. The second-order valence-electron chi connectivity index (χ2n) is 7.20. The van der Waals surface area contributed by atoms with E-state index in [4.69, 9.17) is 15.8 Å². The van der Waals surface area contributed by atoms with Gasteiger partial charge in [0.15, 0.2) is 5.17 Å². The first kappa shape index (κ1) is 25.8. The molecule has 3 aromatic rings. The fraction of sp³-hybridized carbons (Fsp3) is 0. The molecule has 0 aliphatic carbocycles. The molecule has 15 heteroatoms. The van der Waals surface area contributed by atoms with E-state index in [1.54, 1.807) is 6.07 Å². The van der Waals surface area contributed by atoms with Gasteiger partial charge in [0, 0.05) is 28.8 Å². The second-order valence-corrected chi connectivity index (χ2v) is 10.2. The molecule has 0 saturated carbocycles. The van der Waals surface area contributed by atoms with Gasteiger partial charge < -0.3 is 9.50 Å². The van der Waals surface area contributed by atoms with Crippen LogP contribution in [0.5, 0.6) is 5.75 Å². The summed E-state index contributed by atoms with van der Waals surface area (Å²) in [5.74, 6) is -0.658. The van der Waals surface area contributed by atoms with Gasteiger partial charge in [-0.05, 0) is 48.2 Å². The number of nitrogens with one attached hydrogen (secondary N) is 1. The number of benzene rings is 3. The van der Waals surface area contributed by atoms with Gasteiger partial charge in [-0.2, -0.15) is 8.42 Å². The lowest BCUT2D eigenvalue weighted by molar-refractivity contribution is -0.384. The topological polar surface area (TPSA) is 171 Å². The van der Waals surface area contributed by atoms with Crippen LogP contribution >= 0.6 is 23.4 Å². The lowest BCUT2D eigenvalue weighted by atomic mass is 10.2. The zero-order valence-corrected chi connectivity index (χ0v) is 20.6. The highest BCUT2D eigenvalue weighted by molar-refractivity contribution is 8.18. The van der Waals surface area contributed by atoms with Crippen molar-refractivity contribution in [3.8, 4) is 5.75 Å². The van der Waals surface area contributed by atoms with Crippen LogP contribution in [-0.4, -0.2) is 29.3 Å². The number of amidine groups is 1. The van der Waals surface area contributed by atoms with Crippen molar-refractivity contribution in [2.75, 3.05) is 0 Å². The van der Waals surface area contributed by atoms with Gasteiger partial charge in [-0.1, -0.05) is 29.8 Å². The number of carbonyl (C=O) groups is 1. The maximum absolute atomic E-state index is 12.7. The highest BCUT2D eigenvalue weighted by Crippen LogP contribution is 2.35. The zero-order chi connectivity index (χ0) is 26.7. The van der Waals surface area contributed by atoms with Crippen LogP contribution in [0.3, 0.4) is 0 Å². The normalized spacial score (nSPS) is 15.5. The first-order chi connectivity index (χ1) is 17.5. The Morgan fingerprint density at radius 1 is 1.00 bits per heavy atom. The first-order valence-electron chi connectivity index (χ1n) is 10.0. The largest absolute Gasteiger partial charge is 0.378 e. The van der Waals surface area contributed by atoms with Crippen molar-refractivity contribution < 1.29 is 27.2 Å². The summed E-state index contributed by atoms with van der Waals surface area (Å²) >= 11 is 6.70. The van der Waals surface area contributed by atoms with E-state index in [-0.39, 0.29) is 48.4 Å². The van der Waals surface area contributed by atoms with E-state index in [1.165, 1.54) is 36.4 Å². The van der Waals surface area contributed by atoms with E-state index in [1.807, 2.05) is 0 Å². The van der Waals surface area contributed by atoms with E-state index >= 15 is 0 Å². The average molecular weight is 561 g/mol. The Morgan fingerprint density at radius 3 is 2.38 bits per heavy atom. The van der Waals surface area contributed by atoms with Crippen LogP contribution in [0.25, 0.3) is 6.08 Å². The molecule has 4 rings (SSSR count). The fourth-order valence-electron chi connectivity index (χ4n) is 3.05. The van der Waals surface area contributed by atoms with Crippen LogP contribution in [0, 0.1) is 20.2 Å². The lowest BCUT2D eigenvalue weighted by Gasteiger charge is -2.09. The van der Waals surface area contributed by atoms with Gasteiger partial charge in [-0.15, -0.1) is 0 Å². The molecule has 12 nitrogen and oxygen atoms in total. The maximum atomic E-state index is 12.7. The second kappa shape index (κ2) is 10.4. The Balaban J connectivity index is 1.61. The molecule has 0 unspecified atom stereocenters. The van der Waals surface area contributed by atoms with Crippen molar-refractivity contribution >= 4 is 67.7 Å². The molecule has 1 amide bonds. The van der Waals surface area contributed by atoms with Crippen molar-refractivity contribution in [1.82, 2.24) is 5.32 Å². The van der Waals surface area contributed by atoms with Crippen molar-refractivity contribution in [3.05, 3.63) is 102 Å². The van der Waals surface area contributed by atoms with Gasteiger partial charge in [0.2, 0.25) is 0 Å². The number of hydrogen-bond donors (Lipinski definition) is 1. The summed E-state index contributed by atoms with van der Waals surface area (Å²) in [5.41, 5.74) is -0.405. The summed E-state index contributed by atoms with van der Waals surface area (Å²) in [7, 11) is -4.35. The Labute approximate surface area is 218 Å². The fourth-order valence-corrected chi connectivity index (χ4v) is 4.99. The number of rotatable bonds is 7. The van der Waals surface area contributed by atoms with Gasteiger partial charge in [0.05, 0.1) is 14.8 Å². The quantitative estimate of drug-likeness (QED) is 0.184. The predicted octanol–water partition coefficient (Wildman–Crippen LogP) is 4.82. The minimum Gasteiger partial charge on any atom is -0.378 e. The molecule has 37 heavy (non-hydrogen) atoms. The molecule has 0 aromatic heterocycles. The summed E-state index contributed by atoms with van der Waals surface area (Å²) in [6, 6.07) is 14.1. The Bertz CT molecular complexity index is 1610. The van der Waals surface area contributed by atoms with E-state index in [0.29, 0.717) is 0 Å². The average Bonchev–Trinajstić information content (AvgIpc) is 3.19. The monoisotopic (exact) mass is 560 g/mol. The van der Waals surface area contributed by atoms with E-state index in [9.17, 15) is 33.4 Å². The molecular weight excluding hydrogens is 548 g/mol. The van der Waals surface area contributed by atoms with Crippen LogP contribution in [0.15, 0.2) is 81.5 Å². The number of carbonyl (C=O) groups excluding carboxylic acids is 1. The summed E-state index contributed by atoms with van der Waals surface area (Å²) in [6.07, 6.45) is 1.37. The number of amides is 1. The number of nitro benzene ring substituents is 2. The molecule has 1 aliphatic rings. The molecule has 3 aromatic carbocycles. The molecule has 1 saturated heterocycles. The van der Waals surface area contributed by atoms with Gasteiger partial charge in [0.25, 0.3) is 17.3 Å². The Morgan fingerprint density at radius 2 is 1.70 bits per heavy atom. The molecule has 0 bridgehead atoms. The van der Waals surface area contributed by atoms with Crippen molar-refractivity contribution in [2.24, 2.45) is 4.99 Å². The number of thioether (sulfide) groups is 1. The third-order valence-electron chi connectivity index (χ3n) is 4.75. The predicted molar refractivity (Wildman–Crippen MR) is 136 cm³/mol. The van der Waals surface area contributed by atoms with Crippen molar-refractivity contribution in [3.63, 3.8) is 0 Å². The third kappa shape index (κ3) is 5.94. The van der Waals surface area contributed by atoms with E-state index in [0.717, 1.165) is 42.1 Å². The molecular formula is C22H13ClN4O8S2. The van der Waals surface area contributed by atoms with Gasteiger partial charge in [0.1, 0.15) is 16.3 Å². The molecule has 1 heterocycles.